The van der Waals surface area contributed by atoms with Gasteiger partial charge in [0.05, 0.1) is 20.3 Å². The number of rotatable bonds is 7. The minimum atomic E-state index is -0.255. The van der Waals surface area contributed by atoms with E-state index in [0.29, 0.717) is 24.6 Å². The molecule has 0 aliphatic carbocycles. The van der Waals surface area contributed by atoms with Crippen LogP contribution < -0.4 is 20.1 Å². The lowest BCUT2D eigenvalue weighted by molar-refractivity contribution is -0.122. The Kier molecular flexibility index (Phi) is 6.81. The number of methoxy groups -OCH3 is 2. The van der Waals surface area contributed by atoms with Crippen molar-refractivity contribution in [3.8, 4) is 11.5 Å². The van der Waals surface area contributed by atoms with Crippen molar-refractivity contribution in [1.82, 2.24) is 10.6 Å². The van der Waals surface area contributed by atoms with Crippen LogP contribution in [0.15, 0.2) is 16.6 Å². The zero-order valence-corrected chi connectivity index (χ0v) is 13.8. The van der Waals surface area contributed by atoms with Crippen LogP contribution in [0.4, 0.5) is 0 Å². The molecule has 0 aliphatic heterocycles. The molecule has 0 bridgehead atoms. The maximum absolute atomic E-state index is 11.6. The van der Waals surface area contributed by atoms with Crippen molar-refractivity contribution in [3.05, 3.63) is 22.2 Å². The van der Waals surface area contributed by atoms with Crippen molar-refractivity contribution in [2.45, 2.75) is 26.4 Å². The smallest absolute Gasteiger partial charge is 0.236 e. The highest BCUT2D eigenvalue weighted by Crippen LogP contribution is 2.33. The highest BCUT2D eigenvalue weighted by Gasteiger charge is 2.13. The molecule has 0 aliphatic rings. The van der Waals surface area contributed by atoms with Crippen molar-refractivity contribution < 1.29 is 14.3 Å². The summed E-state index contributed by atoms with van der Waals surface area (Å²) in [5.41, 5.74) is 0.999. The number of benzene rings is 1. The normalized spacial score (nSPS) is 11.8. The third-order valence-corrected chi connectivity index (χ3v) is 3.63. The highest BCUT2D eigenvalue weighted by atomic mass is 79.9. The Morgan fingerprint density at radius 2 is 1.90 bits per heavy atom. The summed E-state index contributed by atoms with van der Waals surface area (Å²) >= 11 is 3.49. The average molecular weight is 345 g/mol. The molecule has 20 heavy (non-hydrogen) atoms. The first-order valence-corrected chi connectivity index (χ1v) is 7.24. The fourth-order valence-corrected chi connectivity index (χ4v) is 2.18. The van der Waals surface area contributed by atoms with E-state index >= 15 is 0 Å². The molecule has 0 fully saturated rings. The van der Waals surface area contributed by atoms with E-state index in [2.05, 4.69) is 26.6 Å². The Morgan fingerprint density at radius 3 is 2.45 bits per heavy atom. The van der Waals surface area contributed by atoms with Gasteiger partial charge in [-0.1, -0.05) is 15.9 Å². The predicted molar refractivity (Wildman–Crippen MR) is 82.2 cm³/mol. The van der Waals surface area contributed by atoms with Crippen LogP contribution in [0.1, 0.15) is 19.4 Å². The summed E-state index contributed by atoms with van der Waals surface area (Å²) in [7, 11) is 3.19. The molecule has 0 saturated carbocycles. The third kappa shape index (κ3) is 4.38. The summed E-state index contributed by atoms with van der Waals surface area (Å²) in [4.78, 5) is 11.6. The number of hydrogen-bond donors (Lipinski definition) is 2. The minimum Gasteiger partial charge on any atom is -0.493 e. The molecule has 1 rings (SSSR count). The third-order valence-electron chi connectivity index (χ3n) is 2.90. The van der Waals surface area contributed by atoms with Crippen molar-refractivity contribution in [3.63, 3.8) is 0 Å². The molecule has 2 N–H and O–H groups in total. The zero-order chi connectivity index (χ0) is 15.1. The van der Waals surface area contributed by atoms with E-state index < -0.39 is 0 Å². The van der Waals surface area contributed by atoms with Gasteiger partial charge in [-0.25, -0.2) is 0 Å². The molecule has 1 atom stereocenters. The molecule has 1 aromatic rings. The van der Waals surface area contributed by atoms with Gasteiger partial charge in [0, 0.05) is 17.6 Å². The number of ether oxygens (including phenoxy) is 2. The van der Waals surface area contributed by atoms with Gasteiger partial charge in [-0.15, -0.1) is 0 Å². The fourth-order valence-electron chi connectivity index (χ4n) is 1.71. The van der Waals surface area contributed by atoms with Gasteiger partial charge in [-0.2, -0.15) is 0 Å². The van der Waals surface area contributed by atoms with Crippen LogP contribution >= 0.6 is 15.9 Å². The van der Waals surface area contributed by atoms with Crippen molar-refractivity contribution in [2.24, 2.45) is 0 Å². The first-order chi connectivity index (χ1) is 9.53. The molecule has 5 nitrogen and oxygen atoms in total. The van der Waals surface area contributed by atoms with Gasteiger partial charge in [0.1, 0.15) is 0 Å². The summed E-state index contributed by atoms with van der Waals surface area (Å²) < 4.78 is 11.4. The van der Waals surface area contributed by atoms with E-state index in [-0.39, 0.29) is 11.9 Å². The van der Waals surface area contributed by atoms with Crippen LogP contribution in [0.3, 0.4) is 0 Å². The molecule has 0 aromatic heterocycles. The lowest BCUT2D eigenvalue weighted by atomic mass is 10.2. The van der Waals surface area contributed by atoms with Crippen LogP contribution in [0.5, 0.6) is 11.5 Å². The molecule has 112 valence electrons. The number of nitrogens with one attached hydrogen (secondary N) is 2. The first-order valence-electron chi connectivity index (χ1n) is 6.45. The van der Waals surface area contributed by atoms with E-state index in [1.807, 2.05) is 26.0 Å². The number of hydrogen-bond acceptors (Lipinski definition) is 4. The maximum Gasteiger partial charge on any atom is 0.236 e. The Labute approximate surface area is 128 Å². The summed E-state index contributed by atoms with van der Waals surface area (Å²) in [6.07, 6.45) is 0. The summed E-state index contributed by atoms with van der Waals surface area (Å²) in [5, 5.41) is 5.95. The van der Waals surface area contributed by atoms with Crippen LogP contribution in [0.2, 0.25) is 0 Å². The molecule has 0 radical (unpaired) electrons. The second-order valence-electron chi connectivity index (χ2n) is 4.30. The van der Waals surface area contributed by atoms with Crippen molar-refractivity contribution in [1.29, 1.82) is 0 Å². The number of halogens is 1. The van der Waals surface area contributed by atoms with Gasteiger partial charge in [0.2, 0.25) is 5.91 Å². The van der Waals surface area contributed by atoms with Gasteiger partial charge in [0.25, 0.3) is 0 Å². The highest BCUT2D eigenvalue weighted by molar-refractivity contribution is 9.10. The Balaban J connectivity index is 2.75. The average Bonchev–Trinajstić information content (AvgIpc) is 2.45. The maximum atomic E-state index is 11.6. The number of likely N-dealkylation sites (N-methyl/N-ethyl adjacent to an activating group) is 1. The van der Waals surface area contributed by atoms with Gasteiger partial charge in [0.15, 0.2) is 11.5 Å². The monoisotopic (exact) mass is 344 g/mol. The standard InChI is InChI=1S/C14H21BrN2O3/c1-5-16-14(18)9(2)17-8-10-6-12(19-3)13(20-4)7-11(10)15/h6-7,9,17H,5,8H2,1-4H3,(H,16,18). The van der Waals surface area contributed by atoms with Crippen LogP contribution in [0.25, 0.3) is 0 Å². The quantitative estimate of drug-likeness (QED) is 0.795. The van der Waals surface area contributed by atoms with Crippen LogP contribution in [0, 0.1) is 0 Å². The molecular formula is C14H21BrN2O3. The number of carbonyl (C=O) groups is 1. The molecule has 1 unspecified atom stereocenters. The molecule has 1 amide bonds. The largest absolute Gasteiger partial charge is 0.493 e. The van der Waals surface area contributed by atoms with E-state index in [1.54, 1.807) is 14.2 Å². The van der Waals surface area contributed by atoms with E-state index in [4.69, 9.17) is 9.47 Å². The minimum absolute atomic E-state index is 0.0101. The van der Waals surface area contributed by atoms with E-state index in [9.17, 15) is 4.79 Å². The molecule has 0 heterocycles. The van der Waals surface area contributed by atoms with Gasteiger partial charge in [-0.3, -0.25) is 4.79 Å². The van der Waals surface area contributed by atoms with Crippen LogP contribution in [-0.4, -0.2) is 32.7 Å². The van der Waals surface area contributed by atoms with Crippen molar-refractivity contribution >= 4 is 21.8 Å². The number of carbonyl (C=O) groups excluding carboxylic acids is 1. The van der Waals surface area contributed by atoms with E-state index in [1.165, 1.54) is 0 Å². The number of amides is 1. The Bertz CT molecular complexity index is 466. The second-order valence-corrected chi connectivity index (χ2v) is 5.15. The molecule has 0 saturated heterocycles. The molecular weight excluding hydrogens is 324 g/mol. The Morgan fingerprint density at radius 1 is 1.30 bits per heavy atom. The Hall–Kier alpha value is -1.27. The first kappa shape index (κ1) is 16.8. The second kappa shape index (κ2) is 8.11. The lowest BCUT2D eigenvalue weighted by Crippen LogP contribution is -2.41. The summed E-state index contributed by atoms with van der Waals surface area (Å²) in [5.74, 6) is 1.32. The van der Waals surface area contributed by atoms with E-state index in [0.717, 1.165) is 10.0 Å². The molecule has 1 aromatic carbocycles. The predicted octanol–water partition coefficient (Wildman–Crippen LogP) is 2.08. The van der Waals surface area contributed by atoms with Crippen molar-refractivity contribution in [2.75, 3.05) is 20.8 Å². The fraction of sp³-hybridized carbons (Fsp3) is 0.500. The van der Waals surface area contributed by atoms with Gasteiger partial charge < -0.3 is 20.1 Å². The SMILES string of the molecule is CCNC(=O)C(C)NCc1cc(OC)c(OC)cc1Br. The summed E-state index contributed by atoms with van der Waals surface area (Å²) in [6.45, 7) is 4.92. The zero-order valence-electron chi connectivity index (χ0n) is 12.2. The lowest BCUT2D eigenvalue weighted by Gasteiger charge is -2.16. The van der Waals surface area contributed by atoms with Crippen LogP contribution in [-0.2, 0) is 11.3 Å². The summed E-state index contributed by atoms with van der Waals surface area (Å²) in [6, 6.07) is 3.49. The van der Waals surface area contributed by atoms with Gasteiger partial charge >= 0.3 is 0 Å². The molecule has 6 heteroatoms. The van der Waals surface area contributed by atoms with Gasteiger partial charge in [-0.05, 0) is 31.5 Å². The topological polar surface area (TPSA) is 59.6 Å². The molecule has 0 spiro atoms.